The number of carbonyl (C=O) groups is 1. The van der Waals surface area contributed by atoms with Crippen molar-refractivity contribution >= 4 is 17.8 Å². The van der Waals surface area contributed by atoms with Gasteiger partial charge in [0.15, 0.2) is 11.5 Å². The molecule has 0 fully saturated rings. The third-order valence-electron chi connectivity index (χ3n) is 3.83. The first-order valence-electron chi connectivity index (χ1n) is 7.66. The highest BCUT2D eigenvalue weighted by atomic mass is 16.5. The van der Waals surface area contributed by atoms with Gasteiger partial charge in [-0.15, -0.1) is 0 Å². The summed E-state index contributed by atoms with van der Waals surface area (Å²) in [5.74, 6) is 2.04. The molecule has 0 radical (unpaired) electrons. The fourth-order valence-corrected chi connectivity index (χ4v) is 2.50. The summed E-state index contributed by atoms with van der Waals surface area (Å²) in [6.07, 6.45) is 3.49. The van der Waals surface area contributed by atoms with E-state index in [1.165, 1.54) is 0 Å². The molecule has 2 aromatic carbocycles. The van der Waals surface area contributed by atoms with Crippen LogP contribution in [0.25, 0.3) is 11.8 Å². The number of carbonyl (C=O) groups excluding carboxylic acids is 1. The van der Waals surface area contributed by atoms with Gasteiger partial charge in [-0.3, -0.25) is 0 Å². The lowest BCUT2D eigenvalue weighted by Gasteiger charge is -2.09. The van der Waals surface area contributed by atoms with Crippen LogP contribution >= 0.6 is 0 Å². The van der Waals surface area contributed by atoms with Crippen LogP contribution in [0.4, 0.5) is 0 Å². The van der Waals surface area contributed by atoms with E-state index in [1.807, 2.05) is 30.3 Å². The number of ether oxygens (including phenoxy) is 4. The fourth-order valence-electron chi connectivity index (χ4n) is 2.50. The molecule has 5 heteroatoms. The summed E-state index contributed by atoms with van der Waals surface area (Å²) >= 11 is 0. The van der Waals surface area contributed by atoms with Crippen LogP contribution in [0.2, 0.25) is 0 Å². The van der Waals surface area contributed by atoms with Gasteiger partial charge in [0, 0.05) is 5.56 Å². The maximum absolute atomic E-state index is 12.1. The maximum atomic E-state index is 12.1. The van der Waals surface area contributed by atoms with Gasteiger partial charge in [-0.05, 0) is 48.0 Å². The number of hydrogen-bond donors (Lipinski definition) is 0. The van der Waals surface area contributed by atoms with Crippen molar-refractivity contribution in [1.29, 1.82) is 0 Å². The zero-order valence-electron chi connectivity index (χ0n) is 14.2. The molecular formula is C20H18O5. The number of cyclic esters (lactones) is 1. The van der Waals surface area contributed by atoms with E-state index in [1.54, 1.807) is 45.6 Å². The molecule has 0 atom stereocenters. The molecule has 5 nitrogen and oxygen atoms in total. The summed E-state index contributed by atoms with van der Waals surface area (Å²) < 4.78 is 21.0. The molecular weight excluding hydrogens is 320 g/mol. The Kier molecular flexibility index (Phi) is 4.75. The molecule has 128 valence electrons. The van der Waals surface area contributed by atoms with Crippen LogP contribution in [0.1, 0.15) is 11.1 Å². The Labute approximate surface area is 146 Å². The molecule has 0 saturated carbocycles. The fraction of sp³-hybridized carbons (Fsp3) is 0.150. The number of hydrogen-bond acceptors (Lipinski definition) is 5. The van der Waals surface area contributed by atoms with Gasteiger partial charge in [0.05, 0.1) is 26.9 Å². The molecule has 1 aliphatic heterocycles. The summed E-state index contributed by atoms with van der Waals surface area (Å²) in [5, 5.41) is 0. The first-order chi connectivity index (χ1) is 12.1. The Hall–Kier alpha value is -3.21. The standard InChI is InChI=1S/C20H18O5/c1-22-16-7-4-13(5-8-16)10-15-12-18(25-20(15)21)14-6-9-17(23-2)19(11-14)24-3/h4-12H,1-3H3/b15-10+. The van der Waals surface area contributed by atoms with Crippen molar-refractivity contribution in [2.75, 3.05) is 21.3 Å². The number of methoxy groups -OCH3 is 3. The monoisotopic (exact) mass is 338 g/mol. The summed E-state index contributed by atoms with van der Waals surface area (Å²) in [7, 11) is 4.74. The van der Waals surface area contributed by atoms with Crippen molar-refractivity contribution in [2.45, 2.75) is 0 Å². The molecule has 0 N–H and O–H groups in total. The Bertz CT molecular complexity index is 847. The van der Waals surface area contributed by atoms with Gasteiger partial charge in [0.25, 0.3) is 0 Å². The first kappa shape index (κ1) is 16.6. The summed E-state index contributed by atoms with van der Waals surface area (Å²) in [6.45, 7) is 0. The average Bonchev–Trinajstić information content (AvgIpc) is 3.02. The number of esters is 1. The maximum Gasteiger partial charge on any atom is 0.343 e. The lowest BCUT2D eigenvalue weighted by molar-refractivity contribution is -0.130. The van der Waals surface area contributed by atoms with Gasteiger partial charge < -0.3 is 18.9 Å². The van der Waals surface area contributed by atoms with E-state index in [0.717, 1.165) is 16.9 Å². The quantitative estimate of drug-likeness (QED) is 0.615. The van der Waals surface area contributed by atoms with Gasteiger partial charge in [-0.25, -0.2) is 4.79 Å². The van der Waals surface area contributed by atoms with E-state index in [9.17, 15) is 4.79 Å². The molecule has 0 aromatic heterocycles. The van der Waals surface area contributed by atoms with Gasteiger partial charge in [-0.1, -0.05) is 12.1 Å². The lowest BCUT2D eigenvalue weighted by atomic mass is 10.1. The van der Waals surface area contributed by atoms with E-state index in [2.05, 4.69) is 0 Å². The normalized spacial score (nSPS) is 14.9. The van der Waals surface area contributed by atoms with Crippen molar-refractivity contribution in [3.05, 3.63) is 65.2 Å². The minimum Gasteiger partial charge on any atom is -0.497 e. The molecule has 1 heterocycles. The van der Waals surface area contributed by atoms with Crippen molar-refractivity contribution in [2.24, 2.45) is 0 Å². The van der Waals surface area contributed by atoms with E-state index in [-0.39, 0.29) is 5.97 Å². The van der Waals surface area contributed by atoms with Crippen LogP contribution in [-0.4, -0.2) is 27.3 Å². The second-order valence-electron chi connectivity index (χ2n) is 5.34. The smallest absolute Gasteiger partial charge is 0.343 e. The summed E-state index contributed by atoms with van der Waals surface area (Å²) in [4.78, 5) is 12.1. The molecule has 0 unspecified atom stereocenters. The molecule has 25 heavy (non-hydrogen) atoms. The first-order valence-corrected chi connectivity index (χ1v) is 7.66. The molecule has 3 rings (SSSR count). The van der Waals surface area contributed by atoms with Crippen molar-refractivity contribution in [1.82, 2.24) is 0 Å². The molecule has 0 aliphatic carbocycles. The van der Waals surface area contributed by atoms with Crippen LogP contribution in [0.3, 0.4) is 0 Å². The van der Waals surface area contributed by atoms with Crippen LogP contribution in [0.15, 0.2) is 54.1 Å². The Morgan fingerprint density at radius 1 is 0.880 bits per heavy atom. The van der Waals surface area contributed by atoms with Crippen LogP contribution in [-0.2, 0) is 9.53 Å². The Balaban J connectivity index is 1.90. The van der Waals surface area contributed by atoms with Crippen molar-refractivity contribution < 1.29 is 23.7 Å². The Morgan fingerprint density at radius 3 is 2.24 bits per heavy atom. The zero-order chi connectivity index (χ0) is 17.8. The molecule has 0 saturated heterocycles. The molecule has 0 bridgehead atoms. The number of rotatable bonds is 5. The SMILES string of the molecule is COc1ccc(/C=C2\C=C(c3ccc(OC)c(OC)c3)OC2=O)cc1. The van der Waals surface area contributed by atoms with Gasteiger partial charge in [0.2, 0.25) is 0 Å². The zero-order valence-corrected chi connectivity index (χ0v) is 14.2. The van der Waals surface area contributed by atoms with Crippen LogP contribution in [0, 0.1) is 0 Å². The van der Waals surface area contributed by atoms with Gasteiger partial charge in [0.1, 0.15) is 11.5 Å². The van der Waals surface area contributed by atoms with Gasteiger partial charge >= 0.3 is 5.97 Å². The highest BCUT2D eigenvalue weighted by molar-refractivity contribution is 6.05. The second kappa shape index (κ2) is 7.13. The van der Waals surface area contributed by atoms with Gasteiger partial charge in [-0.2, -0.15) is 0 Å². The predicted molar refractivity (Wildman–Crippen MR) is 94.6 cm³/mol. The molecule has 0 spiro atoms. The third kappa shape index (κ3) is 3.50. The van der Waals surface area contributed by atoms with E-state index in [0.29, 0.717) is 22.8 Å². The lowest BCUT2D eigenvalue weighted by Crippen LogP contribution is -1.98. The second-order valence-corrected chi connectivity index (χ2v) is 5.34. The molecule has 2 aromatic rings. The van der Waals surface area contributed by atoms with Crippen LogP contribution < -0.4 is 14.2 Å². The highest BCUT2D eigenvalue weighted by Crippen LogP contribution is 2.34. The minimum atomic E-state index is -0.388. The summed E-state index contributed by atoms with van der Waals surface area (Å²) in [6, 6.07) is 12.8. The van der Waals surface area contributed by atoms with Crippen molar-refractivity contribution in [3.8, 4) is 17.2 Å². The minimum absolute atomic E-state index is 0.388. The third-order valence-corrected chi connectivity index (χ3v) is 3.83. The summed E-state index contributed by atoms with van der Waals surface area (Å²) in [5.41, 5.74) is 2.11. The van der Waals surface area contributed by atoms with Crippen molar-refractivity contribution in [3.63, 3.8) is 0 Å². The topological polar surface area (TPSA) is 54.0 Å². The molecule has 1 aliphatic rings. The van der Waals surface area contributed by atoms with E-state index in [4.69, 9.17) is 18.9 Å². The largest absolute Gasteiger partial charge is 0.497 e. The molecule has 0 amide bonds. The van der Waals surface area contributed by atoms with E-state index < -0.39 is 0 Å². The van der Waals surface area contributed by atoms with E-state index >= 15 is 0 Å². The van der Waals surface area contributed by atoms with Crippen LogP contribution in [0.5, 0.6) is 17.2 Å². The predicted octanol–water partition coefficient (Wildman–Crippen LogP) is 3.69. The highest BCUT2D eigenvalue weighted by Gasteiger charge is 2.22. The average molecular weight is 338 g/mol. The Morgan fingerprint density at radius 2 is 1.60 bits per heavy atom. The number of benzene rings is 2.